The standard InChI is InChI=1S/C29H40N4O/c1-8-21-11-10-18(5)23(13-21)24-15-25-26(14-22(24)9-2)33-29(34)28(25)20(7)32-27(30)12-19(6)31-16-17(3)4/h10-15,17,22,24,30-31,33-34H,8-9,16H2,1-7H3/b19-12-,30-27?,32-20?. The van der Waals surface area contributed by atoms with Crippen LogP contribution < -0.4 is 15.9 Å². The van der Waals surface area contributed by atoms with Crippen molar-refractivity contribution < 1.29 is 5.11 Å². The number of aryl methyl sites for hydroxylation is 2. The van der Waals surface area contributed by atoms with Crippen molar-refractivity contribution >= 4 is 23.7 Å². The van der Waals surface area contributed by atoms with Crippen LogP contribution in [-0.4, -0.2) is 28.2 Å². The Bertz CT molecular complexity index is 1230. The number of fused-ring (bicyclic) bond motifs is 1. The Morgan fingerprint density at radius 2 is 1.97 bits per heavy atom. The Balaban J connectivity index is 2.04. The van der Waals surface area contributed by atoms with Crippen LogP contribution in [0.2, 0.25) is 0 Å². The zero-order valence-corrected chi connectivity index (χ0v) is 21.7. The summed E-state index contributed by atoms with van der Waals surface area (Å²) >= 11 is 0. The van der Waals surface area contributed by atoms with E-state index >= 15 is 0 Å². The van der Waals surface area contributed by atoms with Crippen molar-refractivity contribution in [2.24, 2.45) is 16.8 Å². The molecule has 0 fully saturated rings. The molecule has 0 bridgehead atoms. The predicted octanol–water partition coefficient (Wildman–Crippen LogP) is 4.91. The van der Waals surface area contributed by atoms with E-state index in [0.29, 0.717) is 23.1 Å². The van der Waals surface area contributed by atoms with E-state index in [1.165, 1.54) is 16.7 Å². The maximum atomic E-state index is 10.8. The molecule has 0 amide bonds. The topological polar surface area (TPSA) is 84.3 Å². The minimum Gasteiger partial charge on any atom is -0.494 e. The van der Waals surface area contributed by atoms with Crippen LogP contribution in [0.5, 0.6) is 5.88 Å². The molecule has 2 atom stereocenters. The zero-order valence-electron chi connectivity index (χ0n) is 21.7. The van der Waals surface area contributed by atoms with E-state index in [1.807, 2.05) is 13.8 Å². The van der Waals surface area contributed by atoms with Crippen LogP contribution in [0.4, 0.5) is 0 Å². The molecule has 0 radical (unpaired) electrons. The van der Waals surface area contributed by atoms with Gasteiger partial charge in [-0.3, -0.25) is 5.41 Å². The molecule has 5 heteroatoms. The maximum absolute atomic E-state index is 10.8. The first-order chi connectivity index (χ1) is 16.1. The Kier molecular flexibility index (Phi) is 8.19. The molecule has 1 aromatic carbocycles. The highest BCUT2D eigenvalue weighted by molar-refractivity contribution is 6.09. The van der Waals surface area contributed by atoms with E-state index in [0.717, 1.165) is 35.7 Å². The third-order valence-corrected chi connectivity index (χ3v) is 6.61. The summed E-state index contributed by atoms with van der Waals surface area (Å²) in [5.41, 5.74) is 6.19. The maximum Gasteiger partial charge on any atom is 0.198 e. The van der Waals surface area contributed by atoms with Gasteiger partial charge in [0.25, 0.3) is 0 Å². The summed E-state index contributed by atoms with van der Waals surface area (Å²) in [6, 6.07) is 6.76. The van der Waals surface area contributed by atoms with Gasteiger partial charge in [-0.05, 0) is 62.1 Å². The number of aromatic amines is 1. The number of rotatable bonds is 8. The molecule has 1 aromatic heterocycles. The lowest BCUT2D eigenvalue weighted by Crippen LogP contribution is -2.34. The highest BCUT2D eigenvalue weighted by atomic mass is 16.3. The zero-order chi connectivity index (χ0) is 25.0. The van der Waals surface area contributed by atoms with Crippen molar-refractivity contribution in [2.75, 3.05) is 6.54 Å². The number of aromatic hydroxyl groups is 1. The van der Waals surface area contributed by atoms with Gasteiger partial charge in [0, 0.05) is 34.8 Å². The van der Waals surface area contributed by atoms with Gasteiger partial charge in [0.05, 0.1) is 11.3 Å². The molecule has 3 rings (SSSR count). The Labute approximate surface area is 203 Å². The highest BCUT2D eigenvalue weighted by Crippen LogP contribution is 2.34. The number of aliphatic imine (C=N–C) groups is 1. The number of amidine groups is 1. The van der Waals surface area contributed by atoms with Gasteiger partial charge >= 0.3 is 0 Å². The van der Waals surface area contributed by atoms with Gasteiger partial charge in [0.2, 0.25) is 0 Å². The average molecular weight is 461 g/mol. The number of nitrogens with zero attached hydrogens (tertiary/aromatic N) is 1. The van der Waals surface area contributed by atoms with Gasteiger partial charge in [0.1, 0.15) is 5.84 Å². The molecule has 1 aliphatic rings. The first kappa shape index (κ1) is 25.5. The quantitative estimate of drug-likeness (QED) is 0.333. The predicted molar refractivity (Wildman–Crippen MR) is 144 cm³/mol. The van der Waals surface area contributed by atoms with E-state index in [-0.39, 0.29) is 17.6 Å². The van der Waals surface area contributed by atoms with Gasteiger partial charge in [-0.15, -0.1) is 0 Å². The van der Waals surface area contributed by atoms with Gasteiger partial charge in [-0.2, -0.15) is 0 Å². The van der Waals surface area contributed by atoms with Gasteiger partial charge in [-0.25, -0.2) is 4.99 Å². The van der Waals surface area contributed by atoms with E-state index in [1.54, 1.807) is 6.08 Å². The molecule has 182 valence electrons. The fraction of sp³-hybridized carbons (Fsp3) is 0.448. The summed E-state index contributed by atoms with van der Waals surface area (Å²) in [7, 11) is 0. The fourth-order valence-electron chi connectivity index (χ4n) is 4.66. The molecule has 5 nitrogen and oxygen atoms in total. The van der Waals surface area contributed by atoms with E-state index < -0.39 is 0 Å². The number of allylic oxidation sites excluding steroid dienone is 1. The van der Waals surface area contributed by atoms with Gasteiger partial charge < -0.3 is 15.4 Å². The molecular formula is C29H40N4O. The molecule has 0 aliphatic heterocycles. The lowest BCUT2D eigenvalue weighted by atomic mass is 9.78. The van der Waals surface area contributed by atoms with Crippen molar-refractivity contribution in [1.82, 2.24) is 10.3 Å². The van der Waals surface area contributed by atoms with Gasteiger partial charge in [-0.1, -0.05) is 58.0 Å². The van der Waals surface area contributed by atoms with Crippen molar-refractivity contribution in [3.05, 3.63) is 62.8 Å². The first-order valence-corrected chi connectivity index (χ1v) is 12.4. The SMILES string of the molecule is CCc1ccc(C)c(C2C=c3c(C(C)=NC(=N)/C=C(/C)NCC(C)C)c(O)[nH]c3=CC2CC)c1. The summed E-state index contributed by atoms with van der Waals surface area (Å²) in [6.45, 7) is 15.5. The van der Waals surface area contributed by atoms with Crippen molar-refractivity contribution in [1.29, 1.82) is 5.41 Å². The number of benzene rings is 1. The normalized spacial score (nSPS) is 18.4. The molecule has 0 saturated heterocycles. The highest BCUT2D eigenvalue weighted by Gasteiger charge is 2.25. The number of aromatic nitrogens is 1. The second-order valence-electron chi connectivity index (χ2n) is 9.84. The largest absolute Gasteiger partial charge is 0.494 e. The molecule has 34 heavy (non-hydrogen) atoms. The average Bonchev–Trinajstić information content (AvgIpc) is 3.11. The smallest absolute Gasteiger partial charge is 0.198 e. The van der Waals surface area contributed by atoms with Crippen LogP contribution in [0.15, 0.2) is 35.0 Å². The lowest BCUT2D eigenvalue weighted by molar-refractivity contribution is 0.455. The monoisotopic (exact) mass is 460 g/mol. The number of hydrogen-bond donors (Lipinski definition) is 4. The molecule has 2 unspecified atom stereocenters. The van der Waals surface area contributed by atoms with E-state index in [9.17, 15) is 5.11 Å². The molecule has 1 aliphatic carbocycles. The molecular weight excluding hydrogens is 420 g/mol. The van der Waals surface area contributed by atoms with Crippen molar-refractivity contribution in [3.8, 4) is 5.88 Å². The molecule has 0 spiro atoms. The summed E-state index contributed by atoms with van der Waals surface area (Å²) in [5.74, 6) is 1.37. The molecule has 0 saturated carbocycles. The molecule has 4 N–H and O–H groups in total. The fourth-order valence-corrected chi connectivity index (χ4v) is 4.66. The van der Waals surface area contributed by atoms with Crippen LogP contribution in [0, 0.1) is 24.2 Å². The van der Waals surface area contributed by atoms with Gasteiger partial charge in [0.15, 0.2) is 5.88 Å². The van der Waals surface area contributed by atoms with Crippen LogP contribution >= 0.6 is 0 Å². The van der Waals surface area contributed by atoms with E-state index in [4.69, 9.17) is 5.41 Å². The van der Waals surface area contributed by atoms with Crippen LogP contribution in [-0.2, 0) is 6.42 Å². The minimum atomic E-state index is 0.111. The van der Waals surface area contributed by atoms with Crippen molar-refractivity contribution in [2.45, 2.75) is 67.2 Å². The van der Waals surface area contributed by atoms with Crippen LogP contribution in [0.25, 0.3) is 12.2 Å². The van der Waals surface area contributed by atoms with E-state index in [2.05, 4.69) is 80.3 Å². The Morgan fingerprint density at radius 1 is 1.24 bits per heavy atom. The summed E-state index contributed by atoms with van der Waals surface area (Å²) in [6.07, 6.45) is 8.28. The van der Waals surface area contributed by atoms with Crippen LogP contribution in [0.3, 0.4) is 0 Å². The summed E-state index contributed by atoms with van der Waals surface area (Å²) in [4.78, 5) is 7.66. The third kappa shape index (κ3) is 5.69. The summed E-state index contributed by atoms with van der Waals surface area (Å²) in [5, 5.41) is 24.4. The second-order valence-corrected chi connectivity index (χ2v) is 9.84. The molecule has 2 aromatic rings. The summed E-state index contributed by atoms with van der Waals surface area (Å²) < 4.78 is 0. The van der Waals surface area contributed by atoms with Crippen LogP contribution in [0.1, 0.15) is 76.1 Å². The third-order valence-electron chi connectivity index (χ3n) is 6.61. The lowest BCUT2D eigenvalue weighted by Gasteiger charge is -2.25. The Hall–Kier alpha value is -3.08. The second kappa shape index (κ2) is 10.9. The number of H-pyrrole nitrogens is 1. The number of hydrogen-bond acceptors (Lipinski definition) is 3. The first-order valence-electron chi connectivity index (χ1n) is 12.4. The Morgan fingerprint density at radius 3 is 2.62 bits per heavy atom. The number of nitrogens with one attached hydrogen (secondary N) is 3. The minimum absolute atomic E-state index is 0.111. The molecule has 1 heterocycles. The van der Waals surface area contributed by atoms with Crippen molar-refractivity contribution in [3.63, 3.8) is 0 Å².